The van der Waals surface area contributed by atoms with E-state index in [4.69, 9.17) is 18.9 Å². The van der Waals surface area contributed by atoms with Gasteiger partial charge in [0.1, 0.15) is 42.1 Å². The van der Waals surface area contributed by atoms with E-state index in [-0.39, 0.29) is 19.6 Å². The lowest BCUT2D eigenvalue weighted by Gasteiger charge is -2.29. The Morgan fingerprint density at radius 1 is 0.774 bits per heavy atom. The Hall–Kier alpha value is -5.43. The zero-order valence-electron chi connectivity index (χ0n) is 31.0. The molecular formula is C40H50N4O9. The molecule has 0 aliphatic carbocycles. The molecule has 4 amide bonds. The Bertz CT molecular complexity index is 1660. The second-order valence-electron chi connectivity index (χ2n) is 13.8. The lowest BCUT2D eigenvalue weighted by atomic mass is 10.0. The molecule has 3 N–H and O–H groups in total. The number of esters is 1. The van der Waals surface area contributed by atoms with Crippen LogP contribution < -0.4 is 20.7 Å². The number of amides is 4. The molecular weight excluding hydrogens is 680 g/mol. The number of methoxy groups -OCH3 is 1. The van der Waals surface area contributed by atoms with Gasteiger partial charge in [0.05, 0.1) is 20.3 Å². The molecule has 0 radical (unpaired) electrons. The largest absolute Gasteiger partial charge is 0.489 e. The smallest absolute Gasteiger partial charge is 0.410 e. The molecule has 53 heavy (non-hydrogen) atoms. The molecule has 0 saturated carbocycles. The third-order valence-corrected chi connectivity index (χ3v) is 8.37. The fraction of sp³-hybridized carbons (Fsp3) is 0.425. The van der Waals surface area contributed by atoms with E-state index in [1.165, 1.54) is 18.9 Å². The molecule has 4 rings (SSSR count). The predicted octanol–water partition coefficient (Wildman–Crippen LogP) is 4.07. The lowest BCUT2D eigenvalue weighted by molar-refractivity contribution is -0.145. The van der Waals surface area contributed by atoms with Crippen molar-refractivity contribution in [2.45, 2.75) is 89.9 Å². The molecule has 1 fully saturated rings. The molecule has 3 aromatic rings. The molecule has 13 heteroatoms. The van der Waals surface area contributed by atoms with Crippen molar-refractivity contribution < 1.29 is 42.9 Å². The van der Waals surface area contributed by atoms with E-state index in [0.717, 1.165) is 11.1 Å². The summed E-state index contributed by atoms with van der Waals surface area (Å²) in [6.45, 7) is 7.33. The monoisotopic (exact) mass is 730 g/mol. The van der Waals surface area contributed by atoms with Crippen LogP contribution in [0.5, 0.6) is 5.75 Å². The highest BCUT2D eigenvalue weighted by Crippen LogP contribution is 2.22. The van der Waals surface area contributed by atoms with Gasteiger partial charge in [0.25, 0.3) is 0 Å². The Kier molecular flexibility index (Phi) is 14.8. The summed E-state index contributed by atoms with van der Waals surface area (Å²) < 4.78 is 22.0. The third kappa shape index (κ3) is 12.9. The maximum Gasteiger partial charge on any atom is 0.410 e. The van der Waals surface area contributed by atoms with E-state index in [1.807, 2.05) is 60.7 Å². The van der Waals surface area contributed by atoms with Crippen LogP contribution in [0.2, 0.25) is 0 Å². The normalized spacial score (nSPS) is 15.7. The average molecular weight is 731 g/mol. The minimum Gasteiger partial charge on any atom is -0.489 e. The summed E-state index contributed by atoms with van der Waals surface area (Å²) >= 11 is 0. The molecule has 4 atom stereocenters. The Morgan fingerprint density at radius 2 is 1.38 bits per heavy atom. The van der Waals surface area contributed by atoms with Crippen molar-refractivity contribution in [3.63, 3.8) is 0 Å². The quantitative estimate of drug-likeness (QED) is 0.185. The van der Waals surface area contributed by atoms with Gasteiger partial charge in [-0.1, -0.05) is 72.8 Å². The van der Waals surface area contributed by atoms with Crippen LogP contribution >= 0.6 is 0 Å². The van der Waals surface area contributed by atoms with Crippen molar-refractivity contribution in [2.75, 3.05) is 20.3 Å². The lowest BCUT2D eigenvalue weighted by Crippen LogP contribution is -2.59. The molecule has 1 aliphatic rings. The summed E-state index contributed by atoms with van der Waals surface area (Å²) in [5, 5.41) is 8.11. The molecule has 1 aliphatic heterocycles. The summed E-state index contributed by atoms with van der Waals surface area (Å²) in [5.41, 5.74) is 1.81. The van der Waals surface area contributed by atoms with E-state index >= 15 is 0 Å². The fourth-order valence-electron chi connectivity index (χ4n) is 5.63. The summed E-state index contributed by atoms with van der Waals surface area (Å²) in [5.74, 6) is -1.92. The van der Waals surface area contributed by atoms with E-state index in [1.54, 1.807) is 45.0 Å². The number of hydrogen-bond donors (Lipinski definition) is 3. The number of likely N-dealkylation sites (tertiary alicyclic amines) is 1. The van der Waals surface area contributed by atoms with Gasteiger partial charge >= 0.3 is 12.1 Å². The van der Waals surface area contributed by atoms with E-state index in [0.29, 0.717) is 37.3 Å². The molecule has 0 aromatic heterocycles. The Morgan fingerprint density at radius 3 is 1.98 bits per heavy atom. The maximum atomic E-state index is 14.1. The van der Waals surface area contributed by atoms with Crippen LogP contribution in [0.3, 0.4) is 0 Å². The van der Waals surface area contributed by atoms with Crippen LogP contribution in [0.15, 0.2) is 84.9 Å². The van der Waals surface area contributed by atoms with Crippen LogP contribution in [0.4, 0.5) is 4.79 Å². The van der Waals surface area contributed by atoms with E-state index in [9.17, 15) is 24.0 Å². The highest BCUT2D eigenvalue weighted by atomic mass is 16.6. The Labute approximate surface area is 310 Å². The summed E-state index contributed by atoms with van der Waals surface area (Å²) in [6.07, 6.45) is 0.400. The highest BCUT2D eigenvalue weighted by molar-refractivity contribution is 5.95. The zero-order valence-corrected chi connectivity index (χ0v) is 31.0. The first kappa shape index (κ1) is 40.3. The van der Waals surface area contributed by atoms with Crippen LogP contribution in [0.25, 0.3) is 0 Å². The van der Waals surface area contributed by atoms with Crippen LogP contribution in [-0.2, 0) is 53.0 Å². The van der Waals surface area contributed by atoms with Gasteiger partial charge in [-0.25, -0.2) is 9.59 Å². The van der Waals surface area contributed by atoms with E-state index < -0.39 is 59.6 Å². The number of carbonyl (C=O) groups is 5. The van der Waals surface area contributed by atoms with Crippen molar-refractivity contribution in [2.24, 2.45) is 0 Å². The molecule has 1 saturated heterocycles. The zero-order chi connectivity index (χ0) is 38.4. The maximum absolute atomic E-state index is 14.1. The molecule has 1 heterocycles. The standard InChI is InChI=1S/C40H50N4O9/c1-27(38(48)50-5)41-36(46)33(26-51-24-29-13-8-6-9-14-29)43-35(45)32(42-37(47)34-17-12-22-44(34)39(49)53-40(2,3)4)23-28-18-20-31(21-19-28)52-25-30-15-10-7-11-16-30/h6-11,13-16,18-21,27,32-34H,12,17,22-26H2,1-5H3,(H,41,46)(H,42,47)(H,43,45)/t27-,32+,33+,34-/m1/s1. The average Bonchev–Trinajstić information content (AvgIpc) is 3.64. The Balaban J connectivity index is 1.53. The van der Waals surface area contributed by atoms with Crippen molar-refractivity contribution in [3.8, 4) is 5.75 Å². The number of ether oxygens (including phenoxy) is 4. The molecule has 0 unspecified atom stereocenters. The topological polar surface area (TPSA) is 162 Å². The highest BCUT2D eigenvalue weighted by Gasteiger charge is 2.38. The van der Waals surface area contributed by atoms with Crippen molar-refractivity contribution in [1.82, 2.24) is 20.9 Å². The van der Waals surface area contributed by atoms with Crippen LogP contribution in [-0.4, -0.2) is 84.7 Å². The second-order valence-corrected chi connectivity index (χ2v) is 13.8. The van der Waals surface area contributed by atoms with Gasteiger partial charge in [-0.15, -0.1) is 0 Å². The summed E-state index contributed by atoms with van der Waals surface area (Å²) in [6, 6.07) is 21.9. The van der Waals surface area contributed by atoms with Gasteiger partial charge < -0.3 is 34.9 Å². The number of nitrogens with one attached hydrogen (secondary N) is 3. The first-order chi connectivity index (χ1) is 25.3. The number of carbonyl (C=O) groups excluding carboxylic acids is 5. The van der Waals surface area contributed by atoms with Crippen LogP contribution in [0, 0.1) is 0 Å². The second kappa shape index (κ2) is 19.4. The number of rotatable bonds is 16. The van der Waals surface area contributed by atoms with Crippen LogP contribution in [0.1, 0.15) is 57.2 Å². The van der Waals surface area contributed by atoms with Gasteiger partial charge in [0, 0.05) is 13.0 Å². The minimum atomic E-state index is -1.24. The number of hydrogen-bond acceptors (Lipinski definition) is 9. The first-order valence-corrected chi connectivity index (χ1v) is 17.7. The number of nitrogens with zero attached hydrogens (tertiary/aromatic N) is 1. The van der Waals surface area contributed by atoms with Crippen molar-refractivity contribution >= 4 is 29.8 Å². The molecule has 13 nitrogen and oxygen atoms in total. The fourth-order valence-corrected chi connectivity index (χ4v) is 5.63. The first-order valence-electron chi connectivity index (χ1n) is 17.7. The van der Waals surface area contributed by atoms with Gasteiger partial charge in [-0.05, 0) is 69.4 Å². The molecule has 0 spiro atoms. The van der Waals surface area contributed by atoms with Gasteiger partial charge in [-0.3, -0.25) is 19.3 Å². The van der Waals surface area contributed by atoms with E-state index in [2.05, 4.69) is 16.0 Å². The summed E-state index contributed by atoms with van der Waals surface area (Å²) in [4.78, 5) is 67.7. The summed E-state index contributed by atoms with van der Waals surface area (Å²) in [7, 11) is 1.21. The van der Waals surface area contributed by atoms with Gasteiger partial charge in [-0.2, -0.15) is 0 Å². The van der Waals surface area contributed by atoms with Crippen molar-refractivity contribution in [1.29, 1.82) is 0 Å². The van der Waals surface area contributed by atoms with Crippen molar-refractivity contribution in [3.05, 3.63) is 102 Å². The predicted molar refractivity (Wildman–Crippen MR) is 196 cm³/mol. The minimum absolute atomic E-state index is 0.0491. The molecule has 3 aromatic carbocycles. The third-order valence-electron chi connectivity index (χ3n) is 8.37. The number of benzene rings is 3. The molecule has 284 valence electrons. The van der Waals surface area contributed by atoms with Gasteiger partial charge in [0.15, 0.2) is 0 Å². The SMILES string of the molecule is COC(=O)[C@@H](C)NC(=O)[C@H](COCc1ccccc1)NC(=O)[C@H](Cc1ccc(OCc2ccccc2)cc1)NC(=O)[C@H]1CCCN1C(=O)OC(C)(C)C. The van der Waals surface area contributed by atoms with Gasteiger partial charge in [0.2, 0.25) is 17.7 Å². The molecule has 0 bridgehead atoms.